The molecule has 2 aromatic heterocycles. The van der Waals surface area contributed by atoms with Gasteiger partial charge in [0.15, 0.2) is 17.7 Å². The normalized spacial score (nSPS) is 31.8. The van der Waals surface area contributed by atoms with Crippen molar-refractivity contribution in [3.8, 4) is 0 Å². The Bertz CT molecular complexity index is 1270. The third-order valence-corrected chi connectivity index (χ3v) is 8.19. The molecule has 34 heavy (non-hydrogen) atoms. The van der Waals surface area contributed by atoms with Crippen LogP contribution in [0, 0.1) is 5.82 Å². The molecule has 2 aliphatic heterocycles. The molecule has 0 spiro atoms. The van der Waals surface area contributed by atoms with Crippen molar-refractivity contribution in [3.05, 3.63) is 47.3 Å². The van der Waals surface area contributed by atoms with Crippen LogP contribution in [0.25, 0.3) is 11.2 Å². The third-order valence-electron chi connectivity index (χ3n) is 5.59. The van der Waals surface area contributed by atoms with Gasteiger partial charge in [0.2, 0.25) is 0 Å². The molecule has 2 saturated heterocycles. The van der Waals surface area contributed by atoms with Gasteiger partial charge in [-0.25, -0.2) is 19.3 Å². The first-order valence-electron chi connectivity index (χ1n) is 10.2. The molecule has 3 unspecified atom stereocenters. The molecule has 0 amide bonds. The van der Waals surface area contributed by atoms with Crippen LogP contribution in [-0.4, -0.2) is 61.3 Å². The standard InChI is InChI=1S/C19H20ClFN5O6PS/c20-9-1-2-10(11(21)5-9)12-3-4-29-33(34,32-12)30-6-13-15(27)16(28)19(31-13)26-8-25-14-17(22)23-7-24-18(14)26/h1-2,5,7-8,12-13,15-16,19,27-28H,3-4,6H2,(H2,22,23,24)/t12-,13+,15?,16?,19+,33?/m0/s1. The van der Waals surface area contributed by atoms with Crippen LogP contribution in [0.5, 0.6) is 0 Å². The van der Waals surface area contributed by atoms with Crippen LogP contribution in [0.4, 0.5) is 10.2 Å². The lowest BCUT2D eigenvalue weighted by atomic mass is 10.1. The van der Waals surface area contributed by atoms with E-state index in [2.05, 4.69) is 15.0 Å². The number of ether oxygens (including phenoxy) is 1. The number of halogens is 2. The number of rotatable bonds is 5. The second-order valence-electron chi connectivity index (χ2n) is 7.75. The van der Waals surface area contributed by atoms with Crippen molar-refractivity contribution in [2.24, 2.45) is 0 Å². The van der Waals surface area contributed by atoms with Gasteiger partial charge in [-0.15, -0.1) is 0 Å². The summed E-state index contributed by atoms with van der Waals surface area (Å²) >= 11 is 11.3. The van der Waals surface area contributed by atoms with Gasteiger partial charge in [0.05, 0.1) is 25.6 Å². The summed E-state index contributed by atoms with van der Waals surface area (Å²) in [6.07, 6.45) is -2.24. The van der Waals surface area contributed by atoms with Crippen molar-refractivity contribution < 1.29 is 32.9 Å². The lowest BCUT2D eigenvalue weighted by Gasteiger charge is -2.32. The van der Waals surface area contributed by atoms with Crippen LogP contribution >= 0.6 is 18.3 Å². The maximum atomic E-state index is 14.4. The van der Waals surface area contributed by atoms with Crippen LogP contribution in [-0.2, 0) is 30.1 Å². The average Bonchev–Trinajstić information content (AvgIpc) is 3.35. The Kier molecular flexibility index (Phi) is 6.57. The monoisotopic (exact) mass is 531 g/mol. The first-order chi connectivity index (χ1) is 16.3. The molecule has 182 valence electrons. The van der Waals surface area contributed by atoms with E-state index in [0.717, 1.165) is 0 Å². The molecule has 6 atom stereocenters. The predicted molar refractivity (Wildman–Crippen MR) is 122 cm³/mol. The topological polar surface area (TPSA) is 147 Å². The van der Waals surface area contributed by atoms with E-state index < -0.39 is 43.2 Å². The number of nitrogens with zero attached hydrogens (tertiary/aromatic N) is 4. The largest absolute Gasteiger partial charge is 0.387 e. The van der Waals surface area contributed by atoms with Crippen LogP contribution in [0.3, 0.4) is 0 Å². The van der Waals surface area contributed by atoms with Gasteiger partial charge < -0.3 is 34.3 Å². The van der Waals surface area contributed by atoms with E-state index in [4.69, 9.17) is 47.4 Å². The van der Waals surface area contributed by atoms with E-state index >= 15 is 0 Å². The summed E-state index contributed by atoms with van der Waals surface area (Å²) < 4.78 is 38.8. The number of aromatic nitrogens is 4. The molecule has 2 fully saturated rings. The smallest absolute Gasteiger partial charge is 0.327 e. The molecule has 15 heteroatoms. The van der Waals surface area contributed by atoms with Gasteiger partial charge >= 0.3 is 6.72 Å². The fraction of sp³-hybridized carbons (Fsp3) is 0.421. The van der Waals surface area contributed by atoms with Crippen molar-refractivity contribution >= 4 is 47.1 Å². The molecule has 3 aromatic rings. The van der Waals surface area contributed by atoms with E-state index in [1.165, 1.54) is 29.4 Å². The van der Waals surface area contributed by atoms with Crippen LogP contribution in [0.2, 0.25) is 5.02 Å². The maximum Gasteiger partial charge on any atom is 0.327 e. The van der Waals surface area contributed by atoms with E-state index in [0.29, 0.717) is 23.1 Å². The van der Waals surface area contributed by atoms with Crippen LogP contribution in [0.15, 0.2) is 30.9 Å². The van der Waals surface area contributed by atoms with E-state index in [9.17, 15) is 14.6 Å². The zero-order valence-electron chi connectivity index (χ0n) is 17.4. The number of aliphatic hydroxyl groups excluding tert-OH is 2. The van der Waals surface area contributed by atoms with Gasteiger partial charge in [-0.1, -0.05) is 17.7 Å². The highest BCUT2D eigenvalue weighted by Crippen LogP contribution is 2.57. The SMILES string of the molecule is Nc1ncnc2c1ncn2[C@@H]1O[C@H](COP2(=S)OCC[C@@H](c3ccc(Cl)cc3F)O2)C(O)C1O. The number of nitrogen functional groups attached to an aromatic ring is 1. The highest BCUT2D eigenvalue weighted by atomic mass is 35.5. The molecule has 4 heterocycles. The first kappa shape index (κ1) is 23.9. The molecule has 0 radical (unpaired) electrons. The Balaban J connectivity index is 1.28. The second-order valence-corrected chi connectivity index (χ2v) is 11.2. The van der Waals surface area contributed by atoms with Gasteiger partial charge in [-0.05, 0) is 23.9 Å². The molecule has 2 aliphatic rings. The Hall–Kier alpha value is -1.80. The summed E-state index contributed by atoms with van der Waals surface area (Å²) in [6, 6.07) is 4.29. The lowest BCUT2D eigenvalue weighted by Crippen LogP contribution is -2.34. The lowest BCUT2D eigenvalue weighted by molar-refractivity contribution is -0.0533. The molecule has 0 aliphatic carbocycles. The number of hydrogen-bond donors (Lipinski definition) is 3. The first-order valence-corrected chi connectivity index (χ1v) is 13.2. The zero-order valence-corrected chi connectivity index (χ0v) is 19.9. The minimum atomic E-state index is -3.29. The minimum absolute atomic E-state index is 0.174. The van der Waals surface area contributed by atoms with Gasteiger partial charge in [0, 0.05) is 17.0 Å². The van der Waals surface area contributed by atoms with Gasteiger partial charge in [-0.2, -0.15) is 0 Å². The summed E-state index contributed by atoms with van der Waals surface area (Å²) in [7, 11) is 0. The molecule has 4 N–H and O–H groups in total. The highest BCUT2D eigenvalue weighted by molar-refractivity contribution is 8.07. The summed E-state index contributed by atoms with van der Waals surface area (Å²) in [4.78, 5) is 12.1. The number of imidazole rings is 1. The summed E-state index contributed by atoms with van der Waals surface area (Å²) in [5.74, 6) is -0.341. The fourth-order valence-electron chi connectivity index (χ4n) is 3.87. The Morgan fingerprint density at radius 2 is 2.12 bits per heavy atom. The minimum Gasteiger partial charge on any atom is -0.387 e. The third kappa shape index (κ3) is 4.43. The van der Waals surface area contributed by atoms with Crippen molar-refractivity contribution in [2.75, 3.05) is 18.9 Å². The van der Waals surface area contributed by atoms with Gasteiger partial charge in [-0.3, -0.25) is 4.57 Å². The number of anilines is 1. The zero-order chi connectivity index (χ0) is 24.0. The van der Waals surface area contributed by atoms with E-state index in [1.807, 2.05) is 0 Å². The number of nitrogens with two attached hydrogens (primary N) is 1. The van der Waals surface area contributed by atoms with Crippen LogP contribution in [0.1, 0.15) is 24.3 Å². The summed E-state index contributed by atoms with van der Waals surface area (Å²) in [5.41, 5.74) is 6.78. The fourth-order valence-corrected chi connectivity index (χ4v) is 6.13. The number of aliphatic hydroxyl groups is 2. The maximum absolute atomic E-state index is 14.4. The van der Waals surface area contributed by atoms with Crippen molar-refractivity contribution in [3.63, 3.8) is 0 Å². The molecule has 0 saturated carbocycles. The molecule has 11 nitrogen and oxygen atoms in total. The summed E-state index contributed by atoms with van der Waals surface area (Å²) in [5, 5.41) is 21.4. The Labute approximate surface area is 202 Å². The number of fused-ring (bicyclic) bond motifs is 1. The van der Waals surface area contributed by atoms with E-state index in [1.54, 1.807) is 6.07 Å². The molecular formula is C19H20ClFN5O6PS. The number of hydrogen-bond acceptors (Lipinski definition) is 11. The predicted octanol–water partition coefficient (Wildman–Crippen LogP) is 2.24. The molecule has 0 bridgehead atoms. The van der Waals surface area contributed by atoms with Gasteiger partial charge in [0.1, 0.15) is 36.0 Å². The van der Waals surface area contributed by atoms with Crippen molar-refractivity contribution in [2.45, 2.75) is 37.1 Å². The van der Waals surface area contributed by atoms with Crippen molar-refractivity contribution in [1.82, 2.24) is 19.5 Å². The molecular weight excluding hydrogens is 512 g/mol. The second kappa shape index (κ2) is 9.34. The molecule has 1 aromatic carbocycles. The average molecular weight is 532 g/mol. The number of benzene rings is 1. The molecule has 5 rings (SSSR count). The highest BCUT2D eigenvalue weighted by Gasteiger charge is 2.45. The van der Waals surface area contributed by atoms with Crippen LogP contribution < -0.4 is 5.73 Å². The quantitative estimate of drug-likeness (QED) is 0.416. The Morgan fingerprint density at radius 3 is 2.91 bits per heavy atom. The van der Waals surface area contributed by atoms with Gasteiger partial charge in [0.25, 0.3) is 0 Å². The summed E-state index contributed by atoms with van der Waals surface area (Å²) in [6.45, 7) is -3.32. The van der Waals surface area contributed by atoms with Crippen molar-refractivity contribution in [1.29, 1.82) is 0 Å². The van der Waals surface area contributed by atoms with E-state index in [-0.39, 0.29) is 24.1 Å². The Morgan fingerprint density at radius 1 is 1.29 bits per heavy atom.